The van der Waals surface area contributed by atoms with E-state index in [0.29, 0.717) is 17.5 Å². The average Bonchev–Trinajstić information content (AvgIpc) is 2.97. The molecule has 0 atom stereocenters. The van der Waals surface area contributed by atoms with Crippen molar-refractivity contribution in [3.8, 4) is 45.0 Å². The molecule has 0 aliphatic rings. The maximum atomic E-state index is 4.83. The fraction of sp³-hybridized carbons (Fsp3) is 0.0303. The fourth-order valence-corrected chi connectivity index (χ4v) is 4.04. The van der Waals surface area contributed by atoms with Crippen LogP contribution in [0.4, 0.5) is 0 Å². The molecule has 37 heavy (non-hydrogen) atoms. The highest BCUT2D eigenvalue weighted by Gasteiger charge is 2.13. The molecule has 4 nitrogen and oxygen atoms in total. The van der Waals surface area contributed by atoms with Crippen molar-refractivity contribution in [1.82, 2.24) is 19.9 Å². The molecule has 2 aromatic heterocycles. The normalized spacial score (nSPS) is 11.2. The molecule has 0 saturated carbocycles. The Hall–Kier alpha value is -4.96. The van der Waals surface area contributed by atoms with Gasteiger partial charge in [-0.1, -0.05) is 110 Å². The molecule has 2 heterocycles. The lowest BCUT2D eigenvalue weighted by Crippen LogP contribution is -2.02. The quantitative estimate of drug-likeness (QED) is 0.222. The van der Waals surface area contributed by atoms with Crippen LogP contribution in [0.25, 0.3) is 50.6 Å². The van der Waals surface area contributed by atoms with Crippen molar-refractivity contribution in [1.29, 1.82) is 0 Å². The molecule has 0 unspecified atom stereocenters. The SMILES string of the molecule is C=C/C=C(\C=C)c1nc(-c2ccccc2)nc(-c2cccc(-c3ccc(-c4ccc(C)nc4)cc3)c2)n1. The van der Waals surface area contributed by atoms with Gasteiger partial charge in [0.05, 0.1) is 0 Å². The van der Waals surface area contributed by atoms with E-state index in [2.05, 4.69) is 60.6 Å². The van der Waals surface area contributed by atoms with Gasteiger partial charge in [-0.2, -0.15) is 0 Å². The predicted octanol–water partition coefficient (Wildman–Crippen LogP) is 8.00. The van der Waals surface area contributed by atoms with Crippen LogP contribution in [0.3, 0.4) is 0 Å². The van der Waals surface area contributed by atoms with Gasteiger partial charge in [0.25, 0.3) is 0 Å². The highest BCUT2D eigenvalue weighted by Crippen LogP contribution is 2.29. The molecule has 0 N–H and O–H groups in total. The van der Waals surface area contributed by atoms with Gasteiger partial charge >= 0.3 is 0 Å². The highest BCUT2D eigenvalue weighted by atomic mass is 15.0. The lowest BCUT2D eigenvalue weighted by Gasteiger charge is -2.10. The topological polar surface area (TPSA) is 51.6 Å². The zero-order chi connectivity index (χ0) is 25.6. The number of pyridine rings is 1. The first-order valence-corrected chi connectivity index (χ1v) is 12.1. The molecule has 0 amide bonds. The van der Waals surface area contributed by atoms with Crippen molar-refractivity contribution in [2.24, 2.45) is 0 Å². The Labute approximate surface area is 217 Å². The standard InChI is InChI=1S/C33H26N4/c1-4-10-24(5-2)31-35-32(27-11-7-6-8-12-27)37-33(36-31)29-14-9-13-28(21-29)25-17-19-26(20-18-25)30-16-15-23(3)34-22-30/h4-22H,1-2H2,3H3/b24-10+. The van der Waals surface area contributed by atoms with Crippen molar-refractivity contribution < 1.29 is 0 Å². The molecular formula is C33H26N4. The van der Waals surface area contributed by atoms with Gasteiger partial charge in [-0.15, -0.1) is 0 Å². The van der Waals surface area contributed by atoms with E-state index in [1.54, 1.807) is 12.2 Å². The van der Waals surface area contributed by atoms with E-state index in [0.717, 1.165) is 44.6 Å². The van der Waals surface area contributed by atoms with E-state index in [1.807, 2.05) is 67.7 Å². The average molecular weight is 479 g/mol. The van der Waals surface area contributed by atoms with Gasteiger partial charge in [-0.05, 0) is 35.7 Å². The van der Waals surface area contributed by atoms with Crippen molar-refractivity contribution in [2.75, 3.05) is 0 Å². The Morgan fingerprint density at radius 2 is 1.24 bits per heavy atom. The molecule has 0 radical (unpaired) electrons. The molecule has 0 spiro atoms. The van der Waals surface area contributed by atoms with Crippen molar-refractivity contribution in [3.63, 3.8) is 0 Å². The maximum Gasteiger partial charge on any atom is 0.164 e. The summed E-state index contributed by atoms with van der Waals surface area (Å²) in [6.45, 7) is 9.73. The third-order valence-electron chi connectivity index (χ3n) is 6.03. The van der Waals surface area contributed by atoms with Crippen LogP contribution < -0.4 is 0 Å². The third kappa shape index (κ3) is 5.34. The molecule has 4 heteroatoms. The van der Waals surface area contributed by atoms with Crippen LogP contribution in [0.2, 0.25) is 0 Å². The Balaban J connectivity index is 1.55. The van der Waals surface area contributed by atoms with E-state index < -0.39 is 0 Å². The van der Waals surface area contributed by atoms with Crippen LogP contribution in [0.5, 0.6) is 0 Å². The first-order valence-electron chi connectivity index (χ1n) is 12.1. The molecule has 0 saturated heterocycles. The van der Waals surface area contributed by atoms with Crippen LogP contribution in [0, 0.1) is 6.92 Å². The number of benzene rings is 3. The Kier molecular flexibility index (Phi) is 6.91. The van der Waals surface area contributed by atoms with Crippen LogP contribution >= 0.6 is 0 Å². The Morgan fingerprint density at radius 1 is 0.622 bits per heavy atom. The van der Waals surface area contributed by atoms with E-state index in [-0.39, 0.29) is 0 Å². The summed E-state index contributed by atoms with van der Waals surface area (Å²) in [6.07, 6.45) is 7.20. The minimum Gasteiger partial charge on any atom is -0.261 e. The molecule has 0 bridgehead atoms. The van der Waals surface area contributed by atoms with Crippen LogP contribution in [0.1, 0.15) is 11.5 Å². The molecule has 0 aliphatic carbocycles. The minimum atomic E-state index is 0.556. The number of hydrogen-bond acceptors (Lipinski definition) is 4. The second-order valence-electron chi connectivity index (χ2n) is 8.58. The monoisotopic (exact) mass is 478 g/mol. The van der Waals surface area contributed by atoms with Gasteiger partial charge in [0.1, 0.15) is 0 Å². The molecule has 5 rings (SSSR count). The number of aryl methyl sites for hydroxylation is 1. The van der Waals surface area contributed by atoms with Crippen LogP contribution in [0.15, 0.2) is 129 Å². The van der Waals surface area contributed by atoms with E-state index >= 15 is 0 Å². The summed E-state index contributed by atoms with van der Waals surface area (Å²) in [7, 11) is 0. The number of hydrogen-bond donors (Lipinski definition) is 0. The first-order chi connectivity index (χ1) is 18.1. The van der Waals surface area contributed by atoms with E-state index in [4.69, 9.17) is 15.0 Å². The molecule has 0 fully saturated rings. The van der Waals surface area contributed by atoms with Gasteiger partial charge in [-0.25, -0.2) is 15.0 Å². The zero-order valence-corrected chi connectivity index (χ0v) is 20.7. The van der Waals surface area contributed by atoms with E-state index in [1.165, 1.54) is 0 Å². The summed E-state index contributed by atoms with van der Waals surface area (Å²) in [4.78, 5) is 18.8. The number of aromatic nitrogens is 4. The Bertz CT molecular complexity index is 1580. The van der Waals surface area contributed by atoms with Gasteiger partial charge in [0, 0.05) is 34.2 Å². The zero-order valence-electron chi connectivity index (χ0n) is 20.7. The number of rotatable bonds is 7. The summed E-state index contributed by atoms with van der Waals surface area (Å²) in [5, 5.41) is 0. The predicted molar refractivity (Wildman–Crippen MR) is 152 cm³/mol. The summed E-state index contributed by atoms with van der Waals surface area (Å²) in [5.41, 5.74) is 8.05. The molecule has 3 aromatic carbocycles. The third-order valence-corrected chi connectivity index (χ3v) is 6.03. The summed E-state index contributed by atoms with van der Waals surface area (Å²) < 4.78 is 0. The van der Waals surface area contributed by atoms with Gasteiger partial charge in [0.15, 0.2) is 17.5 Å². The van der Waals surface area contributed by atoms with Crippen molar-refractivity contribution in [3.05, 3.63) is 140 Å². The first kappa shape index (κ1) is 23.8. The summed E-state index contributed by atoms with van der Waals surface area (Å²) in [5.74, 6) is 1.77. The van der Waals surface area contributed by atoms with Gasteiger partial charge < -0.3 is 0 Å². The highest BCUT2D eigenvalue weighted by molar-refractivity contribution is 5.76. The number of nitrogens with zero attached hydrogens (tertiary/aromatic N) is 4. The van der Waals surface area contributed by atoms with Crippen LogP contribution in [-0.4, -0.2) is 19.9 Å². The Morgan fingerprint density at radius 3 is 1.89 bits per heavy atom. The van der Waals surface area contributed by atoms with Gasteiger partial charge in [0.2, 0.25) is 0 Å². The smallest absolute Gasteiger partial charge is 0.164 e. The second-order valence-corrected chi connectivity index (χ2v) is 8.58. The van der Waals surface area contributed by atoms with Crippen molar-refractivity contribution >= 4 is 5.57 Å². The minimum absolute atomic E-state index is 0.556. The second kappa shape index (κ2) is 10.8. The summed E-state index contributed by atoms with van der Waals surface area (Å²) >= 11 is 0. The fourth-order valence-electron chi connectivity index (χ4n) is 4.04. The van der Waals surface area contributed by atoms with Gasteiger partial charge in [-0.3, -0.25) is 4.98 Å². The molecule has 5 aromatic rings. The lowest BCUT2D eigenvalue weighted by atomic mass is 9.99. The lowest BCUT2D eigenvalue weighted by molar-refractivity contribution is 1.04. The molecule has 178 valence electrons. The van der Waals surface area contributed by atoms with Crippen molar-refractivity contribution in [2.45, 2.75) is 6.92 Å². The number of allylic oxidation sites excluding steroid dienone is 4. The molecule has 0 aliphatic heterocycles. The maximum absolute atomic E-state index is 4.83. The van der Waals surface area contributed by atoms with E-state index in [9.17, 15) is 0 Å². The van der Waals surface area contributed by atoms with Crippen LogP contribution in [-0.2, 0) is 0 Å². The molecular weight excluding hydrogens is 452 g/mol. The summed E-state index contributed by atoms with van der Waals surface area (Å²) in [6, 6.07) is 30.8. The largest absolute Gasteiger partial charge is 0.261 e.